The van der Waals surface area contributed by atoms with Gasteiger partial charge in [0, 0.05) is 17.8 Å². The van der Waals surface area contributed by atoms with Gasteiger partial charge in [-0.2, -0.15) is 4.98 Å². The topological polar surface area (TPSA) is 79.5 Å². The average Bonchev–Trinajstić information content (AvgIpc) is 3.24. The van der Waals surface area contributed by atoms with E-state index < -0.39 is 6.10 Å². The minimum Gasteiger partial charge on any atom is -0.391 e. The van der Waals surface area contributed by atoms with Gasteiger partial charge >= 0.3 is 0 Å². The molecule has 1 unspecified atom stereocenters. The van der Waals surface area contributed by atoms with Crippen molar-refractivity contribution in [3.63, 3.8) is 0 Å². The number of aromatic nitrogens is 2. The number of aryl methyl sites for hydroxylation is 2. The molecule has 0 bridgehead atoms. The van der Waals surface area contributed by atoms with E-state index in [0.717, 1.165) is 17.7 Å². The molecule has 2 aromatic heterocycles. The van der Waals surface area contributed by atoms with Crippen LogP contribution >= 0.6 is 23.1 Å². The Morgan fingerprint density at radius 1 is 1.52 bits per heavy atom. The second-order valence-electron chi connectivity index (χ2n) is 5.88. The van der Waals surface area contributed by atoms with Gasteiger partial charge in [-0.25, -0.2) is 0 Å². The van der Waals surface area contributed by atoms with Crippen LogP contribution in [0.4, 0.5) is 0 Å². The second-order valence-corrected chi connectivity index (χ2v) is 8.09. The molecule has 4 rings (SSSR count). The van der Waals surface area contributed by atoms with E-state index in [2.05, 4.69) is 15.5 Å². The van der Waals surface area contributed by atoms with Crippen molar-refractivity contribution in [1.82, 2.24) is 15.0 Å². The molecule has 1 amide bonds. The third kappa shape index (κ3) is 2.68. The number of hydrogen-bond donors (Lipinski definition) is 1. The number of carbonyl (C=O) groups excluding carboxylic acids is 1. The first-order chi connectivity index (χ1) is 11.1. The minimum absolute atomic E-state index is 0.0340. The molecule has 4 heterocycles. The number of hydrogen-bond acceptors (Lipinski definition) is 7. The highest BCUT2D eigenvalue weighted by atomic mass is 32.2. The van der Waals surface area contributed by atoms with E-state index in [9.17, 15) is 9.90 Å². The van der Waals surface area contributed by atoms with Crippen LogP contribution in [-0.2, 0) is 11.2 Å². The van der Waals surface area contributed by atoms with Crippen molar-refractivity contribution >= 4 is 29.0 Å². The van der Waals surface area contributed by atoms with Gasteiger partial charge in [0.1, 0.15) is 11.3 Å². The Kier molecular flexibility index (Phi) is 3.90. The number of fused-ring (bicyclic) bond motifs is 1. The third-order valence-corrected chi connectivity index (χ3v) is 6.52. The van der Waals surface area contributed by atoms with Crippen molar-refractivity contribution in [3.05, 3.63) is 33.6 Å². The lowest BCUT2D eigenvalue weighted by molar-refractivity contribution is -0.132. The van der Waals surface area contributed by atoms with E-state index in [0.29, 0.717) is 24.7 Å². The van der Waals surface area contributed by atoms with E-state index in [-0.39, 0.29) is 17.2 Å². The molecule has 0 radical (unpaired) electrons. The summed E-state index contributed by atoms with van der Waals surface area (Å²) in [5, 5.41) is 15.7. The summed E-state index contributed by atoms with van der Waals surface area (Å²) in [6, 6.07) is 1.72. The molecule has 6 nitrogen and oxygen atoms in total. The normalized spacial score (nSPS) is 27.2. The first-order valence-corrected chi connectivity index (χ1v) is 9.53. The maximum atomic E-state index is 13.1. The van der Waals surface area contributed by atoms with E-state index in [1.165, 1.54) is 4.88 Å². The van der Waals surface area contributed by atoms with Crippen molar-refractivity contribution in [2.24, 2.45) is 0 Å². The molecule has 2 aliphatic heterocycles. The maximum Gasteiger partial charge on any atom is 0.249 e. The molecule has 0 saturated carbocycles. The van der Waals surface area contributed by atoms with Gasteiger partial charge in [0.15, 0.2) is 5.82 Å². The van der Waals surface area contributed by atoms with Crippen molar-refractivity contribution < 1.29 is 14.4 Å². The highest BCUT2D eigenvalue weighted by Gasteiger charge is 2.42. The molecule has 0 aliphatic carbocycles. The molecule has 1 saturated heterocycles. The van der Waals surface area contributed by atoms with Crippen LogP contribution in [0.5, 0.6) is 0 Å². The van der Waals surface area contributed by atoms with Gasteiger partial charge in [-0.15, -0.1) is 23.1 Å². The number of aliphatic hydroxyl groups excluding tert-OH is 1. The Morgan fingerprint density at radius 3 is 3.17 bits per heavy atom. The Labute approximate surface area is 141 Å². The SMILES string of the molecule is Cc1noc([C@H]2C[C@H](O)CN2C(=O)C2SCCc3sccc32)n1. The predicted molar refractivity (Wildman–Crippen MR) is 87.3 cm³/mol. The lowest BCUT2D eigenvalue weighted by Gasteiger charge is -2.28. The van der Waals surface area contributed by atoms with Crippen molar-refractivity contribution in [2.45, 2.75) is 37.2 Å². The summed E-state index contributed by atoms with van der Waals surface area (Å²) in [7, 11) is 0. The van der Waals surface area contributed by atoms with Gasteiger partial charge in [0.2, 0.25) is 11.8 Å². The molecular formula is C15H17N3O3S2. The number of nitrogens with zero attached hydrogens (tertiary/aromatic N) is 3. The van der Waals surface area contributed by atoms with Gasteiger partial charge in [0.05, 0.1) is 6.10 Å². The zero-order chi connectivity index (χ0) is 16.0. The number of aliphatic hydroxyl groups is 1. The fourth-order valence-electron chi connectivity index (χ4n) is 3.24. The van der Waals surface area contributed by atoms with Crippen LogP contribution in [0.1, 0.15) is 39.9 Å². The molecule has 3 atom stereocenters. The lowest BCUT2D eigenvalue weighted by Crippen LogP contribution is -2.36. The molecule has 8 heteroatoms. The molecule has 23 heavy (non-hydrogen) atoms. The van der Waals surface area contributed by atoms with Gasteiger partial charge in [-0.1, -0.05) is 5.16 Å². The zero-order valence-corrected chi connectivity index (χ0v) is 14.3. The van der Waals surface area contributed by atoms with Crippen LogP contribution in [0.2, 0.25) is 0 Å². The number of thioether (sulfide) groups is 1. The van der Waals surface area contributed by atoms with Crippen LogP contribution in [-0.4, -0.2) is 44.5 Å². The zero-order valence-electron chi connectivity index (χ0n) is 12.6. The number of amides is 1. The van der Waals surface area contributed by atoms with E-state index in [4.69, 9.17) is 4.52 Å². The number of β-amino-alcohol motifs (C(OH)–C–C–N with tert-alkyl or cyclic N) is 1. The Bertz CT molecular complexity index is 729. The number of thiophene rings is 1. The summed E-state index contributed by atoms with van der Waals surface area (Å²) in [5.41, 5.74) is 1.12. The monoisotopic (exact) mass is 351 g/mol. The number of carbonyl (C=O) groups is 1. The van der Waals surface area contributed by atoms with Crippen molar-refractivity contribution in [2.75, 3.05) is 12.3 Å². The molecule has 1 N–H and O–H groups in total. The second kappa shape index (κ2) is 5.92. The first kappa shape index (κ1) is 15.2. The molecule has 1 fully saturated rings. The smallest absolute Gasteiger partial charge is 0.249 e. The molecule has 0 aromatic carbocycles. The summed E-state index contributed by atoms with van der Waals surface area (Å²) in [4.78, 5) is 20.4. The average molecular weight is 351 g/mol. The van der Waals surface area contributed by atoms with Gasteiger partial charge in [-0.3, -0.25) is 4.79 Å². The van der Waals surface area contributed by atoms with Crippen LogP contribution in [0, 0.1) is 6.92 Å². The van der Waals surface area contributed by atoms with Gasteiger partial charge in [-0.05, 0) is 36.1 Å². The number of rotatable bonds is 2. The Hall–Kier alpha value is -1.38. The van der Waals surface area contributed by atoms with Crippen LogP contribution < -0.4 is 0 Å². The highest BCUT2D eigenvalue weighted by Crippen LogP contribution is 2.43. The molecule has 122 valence electrons. The molecule has 2 aliphatic rings. The van der Waals surface area contributed by atoms with E-state index >= 15 is 0 Å². The van der Waals surface area contributed by atoms with Crippen molar-refractivity contribution in [3.8, 4) is 0 Å². The number of likely N-dealkylation sites (tertiary alicyclic amines) is 1. The molecular weight excluding hydrogens is 334 g/mol. The van der Waals surface area contributed by atoms with Gasteiger partial charge in [0.25, 0.3) is 0 Å². The first-order valence-electron chi connectivity index (χ1n) is 7.60. The summed E-state index contributed by atoms with van der Waals surface area (Å²) in [6.07, 6.45) is 0.920. The Morgan fingerprint density at radius 2 is 2.39 bits per heavy atom. The predicted octanol–water partition coefficient (Wildman–Crippen LogP) is 2.10. The van der Waals surface area contributed by atoms with Crippen LogP contribution in [0.3, 0.4) is 0 Å². The lowest BCUT2D eigenvalue weighted by atomic mass is 10.1. The van der Waals surface area contributed by atoms with Gasteiger partial charge < -0.3 is 14.5 Å². The van der Waals surface area contributed by atoms with E-state index in [1.54, 1.807) is 34.9 Å². The summed E-state index contributed by atoms with van der Waals surface area (Å²) in [6.45, 7) is 2.07. The summed E-state index contributed by atoms with van der Waals surface area (Å²) >= 11 is 3.39. The minimum atomic E-state index is -0.549. The maximum absolute atomic E-state index is 13.1. The Balaban J connectivity index is 1.62. The molecule has 2 aromatic rings. The van der Waals surface area contributed by atoms with E-state index in [1.807, 2.05) is 6.07 Å². The van der Waals surface area contributed by atoms with Crippen molar-refractivity contribution in [1.29, 1.82) is 0 Å². The fourth-order valence-corrected chi connectivity index (χ4v) is 5.60. The van der Waals surface area contributed by atoms with Crippen LogP contribution in [0.25, 0.3) is 0 Å². The largest absolute Gasteiger partial charge is 0.391 e. The quantitative estimate of drug-likeness (QED) is 0.893. The third-order valence-electron chi connectivity index (χ3n) is 4.29. The summed E-state index contributed by atoms with van der Waals surface area (Å²) < 4.78 is 5.25. The van der Waals surface area contributed by atoms with Crippen LogP contribution in [0.15, 0.2) is 16.0 Å². The highest BCUT2D eigenvalue weighted by molar-refractivity contribution is 8.00. The molecule has 0 spiro atoms. The summed E-state index contributed by atoms with van der Waals surface area (Å²) in [5.74, 6) is 1.94. The standard InChI is InChI=1S/C15H17N3O3S2/c1-8-16-14(21-17-8)11-6-9(19)7-18(11)15(20)13-10-2-4-22-12(10)3-5-23-13/h2,4,9,11,13,19H,3,5-7H2,1H3/t9-,11+,13?/m0/s1. The fraction of sp³-hybridized carbons (Fsp3) is 0.533.